The van der Waals surface area contributed by atoms with Gasteiger partial charge in [-0.2, -0.15) is 0 Å². The molecule has 1 saturated heterocycles. The second kappa shape index (κ2) is 9.84. The number of carbonyl (C=O) groups is 2. The van der Waals surface area contributed by atoms with Crippen LogP contribution in [0.3, 0.4) is 0 Å². The van der Waals surface area contributed by atoms with Crippen molar-refractivity contribution in [2.24, 2.45) is 5.16 Å². The zero-order valence-electron chi connectivity index (χ0n) is 17.0. The lowest BCUT2D eigenvalue weighted by Crippen LogP contribution is -2.22. The smallest absolute Gasteiger partial charge is 0.342 e. The Bertz CT molecular complexity index is 958. The summed E-state index contributed by atoms with van der Waals surface area (Å²) in [6, 6.07) is 0.980. The highest BCUT2D eigenvalue weighted by molar-refractivity contribution is 6.33. The van der Waals surface area contributed by atoms with Crippen LogP contribution < -0.4 is 5.32 Å². The molecule has 2 aliphatic heterocycles. The molecule has 2 heterocycles. The van der Waals surface area contributed by atoms with E-state index in [0.717, 1.165) is 6.07 Å². The van der Waals surface area contributed by atoms with Crippen LogP contribution in [0.4, 0.5) is 0 Å². The average Bonchev–Trinajstić information content (AvgIpc) is 3.45. The summed E-state index contributed by atoms with van der Waals surface area (Å²) >= 11 is 6.25. The maximum atomic E-state index is 12.8. The molecule has 166 valence electrons. The van der Waals surface area contributed by atoms with E-state index in [9.17, 15) is 19.8 Å². The quantitative estimate of drug-likeness (QED) is 0.365. The first-order chi connectivity index (χ1) is 14.8. The molecule has 1 amide bonds. The Balaban J connectivity index is 2.00. The number of phenolic OH excluding ortho intramolecular Hbond substituents is 2. The summed E-state index contributed by atoms with van der Waals surface area (Å²) in [5.74, 6) is -2.04. The topological polar surface area (TPSA) is 130 Å². The number of hydrogen-bond donors (Lipinski definition) is 3. The molecule has 1 aromatic rings. The largest absolute Gasteiger partial charge is 0.507 e. The molecule has 0 spiro atoms. The van der Waals surface area contributed by atoms with E-state index in [2.05, 4.69) is 10.5 Å². The number of esters is 1. The first kappa shape index (κ1) is 22.6. The van der Waals surface area contributed by atoms with E-state index in [1.165, 1.54) is 7.05 Å². The number of amides is 1. The molecular formula is C21H23ClN2O7. The predicted molar refractivity (Wildman–Crippen MR) is 112 cm³/mol. The number of fused-ring (bicyclic) bond motifs is 2. The van der Waals surface area contributed by atoms with Crippen LogP contribution in [0.25, 0.3) is 0 Å². The number of phenols is 2. The van der Waals surface area contributed by atoms with Crippen molar-refractivity contribution in [2.45, 2.75) is 38.1 Å². The molecule has 3 atom stereocenters. The van der Waals surface area contributed by atoms with Crippen molar-refractivity contribution < 1.29 is 34.1 Å². The van der Waals surface area contributed by atoms with Crippen molar-refractivity contribution in [3.8, 4) is 11.5 Å². The summed E-state index contributed by atoms with van der Waals surface area (Å²) in [4.78, 5) is 29.3. The first-order valence-corrected chi connectivity index (χ1v) is 10.0. The predicted octanol–water partition coefficient (Wildman–Crippen LogP) is 2.24. The van der Waals surface area contributed by atoms with E-state index < -0.39 is 23.6 Å². The Morgan fingerprint density at radius 2 is 2.13 bits per heavy atom. The van der Waals surface area contributed by atoms with Crippen LogP contribution in [0.1, 0.15) is 29.3 Å². The normalized spacial score (nSPS) is 26.6. The van der Waals surface area contributed by atoms with E-state index in [0.29, 0.717) is 6.42 Å². The number of hydrogen-bond acceptors (Lipinski definition) is 8. The highest BCUT2D eigenvalue weighted by Crippen LogP contribution is 2.38. The van der Waals surface area contributed by atoms with Gasteiger partial charge >= 0.3 is 5.97 Å². The molecule has 3 rings (SSSR count). The molecule has 0 unspecified atom stereocenters. The fourth-order valence-corrected chi connectivity index (χ4v) is 3.31. The van der Waals surface area contributed by atoms with Crippen LogP contribution in [0.15, 0.2) is 35.5 Å². The number of rotatable bonds is 3. The average molecular weight is 451 g/mol. The molecule has 9 nitrogen and oxygen atoms in total. The van der Waals surface area contributed by atoms with Gasteiger partial charge in [-0.25, -0.2) is 4.79 Å². The Morgan fingerprint density at radius 1 is 1.35 bits per heavy atom. The van der Waals surface area contributed by atoms with Gasteiger partial charge in [0.1, 0.15) is 29.3 Å². The summed E-state index contributed by atoms with van der Waals surface area (Å²) in [6.45, 7) is 1.41. The monoisotopic (exact) mass is 450 g/mol. The first-order valence-electron chi connectivity index (χ1n) is 9.64. The van der Waals surface area contributed by atoms with E-state index in [1.54, 1.807) is 25.2 Å². The van der Waals surface area contributed by atoms with Crippen molar-refractivity contribution in [1.29, 1.82) is 0 Å². The SMILES string of the molecule is CNC(=O)CO\N=C1/C=C/C=C\[C@H]2O[C@@H]2C[C@@H](C)OC(=O)c2c(O)cc(O)c(Cl)c2C1. The van der Waals surface area contributed by atoms with Gasteiger partial charge in [0.15, 0.2) is 6.61 Å². The van der Waals surface area contributed by atoms with Gasteiger partial charge in [-0.15, -0.1) is 0 Å². The molecule has 0 radical (unpaired) electrons. The summed E-state index contributed by atoms with van der Waals surface area (Å²) in [7, 11) is 1.46. The number of cyclic esters (lactones) is 1. The van der Waals surface area contributed by atoms with Crippen LogP contribution in [0.2, 0.25) is 5.02 Å². The maximum Gasteiger partial charge on any atom is 0.342 e. The Labute approximate surface area is 183 Å². The van der Waals surface area contributed by atoms with Gasteiger partial charge < -0.3 is 29.8 Å². The third kappa shape index (κ3) is 5.77. The van der Waals surface area contributed by atoms with Crippen LogP contribution in [0.5, 0.6) is 11.5 Å². The molecule has 10 heteroatoms. The fourth-order valence-electron chi connectivity index (χ4n) is 3.10. The van der Waals surface area contributed by atoms with Gasteiger partial charge in [-0.05, 0) is 18.6 Å². The molecule has 1 fully saturated rings. The highest BCUT2D eigenvalue weighted by Gasteiger charge is 2.38. The maximum absolute atomic E-state index is 12.8. The van der Waals surface area contributed by atoms with Crippen molar-refractivity contribution >= 4 is 29.2 Å². The summed E-state index contributed by atoms with van der Waals surface area (Å²) in [5, 5.41) is 26.6. The van der Waals surface area contributed by atoms with Crippen LogP contribution in [-0.2, 0) is 25.5 Å². The number of likely N-dealkylation sites (N-methyl/N-ethyl adjacent to an activating group) is 1. The zero-order chi connectivity index (χ0) is 22.5. The van der Waals surface area contributed by atoms with Gasteiger partial charge in [0, 0.05) is 26.0 Å². The number of nitrogens with zero attached hydrogens (tertiary/aromatic N) is 1. The van der Waals surface area contributed by atoms with Crippen molar-refractivity contribution in [1.82, 2.24) is 5.32 Å². The van der Waals surface area contributed by atoms with Gasteiger partial charge in [-0.1, -0.05) is 35.0 Å². The number of benzene rings is 1. The molecule has 3 N–H and O–H groups in total. The third-order valence-corrected chi connectivity index (χ3v) is 5.16. The molecule has 31 heavy (non-hydrogen) atoms. The van der Waals surface area contributed by atoms with Crippen LogP contribution in [-0.4, -0.2) is 59.8 Å². The Kier molecular flexibility index (Phi) is 7.19. The van der Waals surface area contributed by atoms with Crippen molar-refractivity contribution in [2.75, 3.05) is 13.7 Å². The lowest BCUT2D eigenvalue weighted by atomic mass is 9.99. The minimum atomic E-state index is -0.790. The standard InChI is InChI=1S/C21H23ClN2O7/c1-11-7-17-16(31-17)6-4-3-5-12(24-29-10-18(27)23-2)8-13-19(21(28)30-11)14(25)9-15(26)20(13)22/h3-6,9,11,16-17,25-26H,7-8,10H2,1-2H3,(H,23,27)/b5-3+,6-4-,24-12+/t11-,16-,17-/m1/s1. The minimum Gasteiger partial charge on any atom is -0.507 e. The fraction of sp³-hybridized carbons (Fsp3) is 0.381. The molecule has 0 saturated carbocycles. The Morgan fingerprint density at radius 3 is 2.87 bits per heavy atom. The number of oxime groups is 1. The molecule has 1 aromatic carbocycles. The molecule has 2 aliphatic rings. The van der Waals surface area contributed by atoms with Gasteiger partial charge in [0.25, 0.3) is 5.91 Å². The van der Waals surface area contributed by atoms with E-state index in [-0.39, 0.29) is 53.0 Å². The number of carbonyl (C=O) groups excluding carboxylic acids is 2. The number of ether oxygens (including phenoxy) is 2. The lowest BCUT2D eigenvalue weighted by molar-refractivity contribution is -0.125. The van der Waals surface area contributed by atoms with Gasteiger partial charge in [0.2, 0.25) is 0 Å². The number of allylic oxidation sites excluding steroid dienone is 3. The third-order valence-electron chi connectivity index (χ3n) is 4.73. The summed E-state index contributed by atoms with van der Waals surface area (Å²) < 4.78 is 11.0. The second-order valence-corrected chi connectivity index (χ2v) is 7.50. The van der Waals surface area contributed by atoms with Crippen LogP contribution in [0, 0.1) is 0 Å². The molecular weight excluding hydrogens is 428 g/mol. The van der Waals surface area contributed by atoms with E-state index >= 15 is 0 Å². The van der Waals surface area contributed by atoms with Crippen molar-refractivity contribution in [3.63, 3.8) is 0 Å². The molecule has 0 aliphatic carbocycles. The van der Waals surface area contributed by atoms with Gasteiger partial charge in [0.05, 0.1) is 16.8 Å². The molecule has 0 aromatic heterocycles. The Hall–Kier alpha value is -3.04. The number of aromatic hydroxyl groups is 2. The minimum absolute atomic E-state index is 0.0732. The zero-order valence-corrected chi connectivity index (χ0v) is 17.8. The number of nitrogens with one attached hydrogen (secondary N) is 1. The number of halogens is 1. The lowest BCUT2D eigenvalue weighted by Gasteiger charge is -2.17. The summed E-state index contributed by atoms with van der Waals surface area (Å²) in [5.41, 5.74) is 0.223. The van der Waals surface area contributed by atoms with Crippen molar-refractivity contribution in [3.05, 3.63) is 46.5 Å². The second-order valence-electron chi connectivity index (χ2n) is 7.12. The highest BCUT2D eigenvalue weighted by atomic mass is 35.5. The summed E-state index contributed by atoms with van der Waals surface area (Å²) in [6.07, 6.45) is 6.72. The van der Waals surface area contributed by atoms with Gasteiger partial charge in [-0.3, -0.25) is 4.79 Å². The molecule has 0 bridgehead atoms. The van der Waals surface area contributed by atoms with E-state index in [4.69, 9.17) is 25.9 Å². The van der Waals surface area contributed by atoms with Crippen LogP contribution >= 0.6 is 11.6 Å². The van der Waals surface area contributed by atoms with E-state index in [1.807, 2.05) is 6.08 Å². The number of epoxide rings is 1.